The van der Waals surface area contributed by atoms with Crippen LogP contribution < -0.4 is 24.8 Å². The number of ether oxygens (including phenoxy) is 3. The number of methoxy groups -OCH3 is 2. The molecule has 3 aromatic rings. The van der Waals surface area contributed by atoms with Gasteiger partial charge in [0.15, 0.2) is 5.75 Å². The third-order valence-electron chi connectivity index (χ3n) is 4.55. The number of rotatable bonds is 4. The van der Waals surface area contributed by atoms with E-state index in [-0.39, 0.29) is 17.4 Å². The van der Waals surface area contributed by atoms with Crippen molar-refractivity contribution in [2.24, 2.45) is 0 Å². The summed E-state index contributed by atoms with van der Waals surface area (Å²) in [5.74, 6) is 1.03. The molecule has 1 aliphatic rings. The number of fused-ring (bicyclic) bond motifs is 2. The molecule has 30 heavy (non-hydrogen) atoms. The van der Waals surface area contributed by atoms with Crippen LogP contribution in [0, 0.1) is 0 Å². The van der Waals surface area contributed by atoms with Gasteiger partial charge in [0.05, 0.1) is 31.0 Å². The summed E-state index contributed by atoms with van der Waals surface area (Å²) in [6.07, 6.45) is 0. The highest BCUT2D eigenvalue weighted by Crippen LogP contribution is 2.38. The van der Waals surface area contributed by atoms with Crippen LogP contribution in [-0.4, -0.2) is 26.0 Å². The van der Waals surface area contributed by atoms with Gasteiger partial charge >= 0.3 is 0 Å². The molecule has 2 N–H and O–H groups in total. The first-order valence-electron chi connectivity index (χ1n) is 8.94. The number of halogens is 1. The zero-order chi connectivity index (χ0) is 21.3. The van der Waals surface area contributed by atoms with E-state index in [1.165, 1.54) is 14.2 Å². The van der Waals surface area contributed by atoms with Crippen LogP contribution in [0.2, 0.25) is 5.02 Å². The molecule has 0 fully saturated rings. The Morgan fingerprint density at radius 2 is 1.80 bits per heavy atom. The molecule has 0 unspecified atom stereocenters. The largest absolute Gasteiger partial charge is 0.497 e. The number of anilines is 2. The summed E-state index contributed by atoms with van der Waals surface area (Å²) in [5, 5.41) is 6.02. The minimum atomic E-state index is -0.389. The van der Waals surface area contributed by atoms with E-state index in [0.717, 1.165) is 0 Å². The van der Waals surface area contributed by atoms with Gasteiger partial charge in [-0.15, -0.1) is 0 Å². The molecule has 152 valence electrons. The number of amides is 2. The highest BCUT2D eigenvalue weighted by Gasteiger charge is 2.22. The molecule has 0 radical (unpaired) electrons. The van der Waals surface area contributed by atoms with Crippen molar-refractivity contribution in [2.45, 2.75) is 0 Å². The Morgan fingerprint density at radius 3 is 2.57 bits per heavy atom. The van der Waals surface area contributed by atoms with Gasteiger partial charge in [0, 0.05) is 16.8 Å². The van der Waals surface area contributed by atoms with Crippen molar-refractivity contribution in [2.75, 3.05) is 24.9 Å². The Bertz CT molecular complexity index is 1160. The van der Waals surface area contributed by atoms with Gasteiger partial charge in [-0.05, 0) is 48.5 Å². The molecule has 7 nitrogen and oxygen atoms in total. The molecular weight excluding hydrogens is 408 g/mol. The normalized spacial score (nSPS) is 11.9. The van der Waals surface area contributed by atoms with Gasteiger partial charge in [-0.25, -0.2) is 0 Å². The second-order valence-electron chi connectivity index (χ2n) is 6.43. The van der Waals surface area contributed by atoms with Crippen molar-refractivity contribution in [3.63, 3.8) is 0 Å². The van der Waals surface area contributed by atoms with Crippen molar-refractivity contribution in [3.05, 3.63) is 70.7 Å². The first-order chi connectivity index (χ1) is 14.5. The smallest absolute Gasteiger partial charge is 0.259 e. The van der Waals surface area contributed by atoms with E-state index in [1.807, 2.05) is 0 Å². The maximum atomic E-state index is 12.7. The average Bonchev–Trinajstić information content (AvgIpc) is 2.88. The monoisotopic (exact) mass is 424 g/mol. The summed E-state index contributed by atoms with van der Waals surface area (Å²) in [6.45, 7) is 0. The van der Waals surface area contributed by atoms with E-state index in [4.69, 9.17) is 25.8 Å². The van der Waals surface area contributed by atoms with Crippen molar-refractivity contribution in [1.29, 1.82) is 0 Å². The molecule has 4 rings (SSSR count). The predicted octanol–water partition coefficient (Wildman–Crippen LogP) is 4.97. The Morgan fingerprint density at radius 1 is 1.00 bits per heavy atom. The number of benzene rings is 3. The molecule has 0 atom stereocenters. The number of hydrogen-bond acceptors (Lipinski definition) is 5. The molecule has 1 heterocycles. The maximum Gasteiger partial charge on any atom is 0.259 e. The van der Waals surface area contributed by atoms with E-state index < -0.39 is 0 Å². The molecule has 1 aliphatic heterocycles. The molecule has 0 aromatic heterocycles. The van der Waals surface area contributed by atoms with Crippen molar-refractivity contribution in [3.8, 4) is 23.0 Å². The van der Waals surface area contributed by atoms with Crippen molar-refractivity contribution in [1.82, 2.24) is 0 Å². The lowest BCUT2D eigenvalue weighted by Gasteiger charge is -2.12. The van der Waals surface area contributed by atoms with Gasteiger partial charge in [0.1, 0.15) is 17.2 Å². The summed E-state index contributed by atoms with van der Waals surface area (Å²) in [5.41, 5.74) is 1.51. The van der Waals surface area contributed by atoms with Crippen molar-refractivity contribution < 1.29 is 23.8 Å². The lowest BCUT2D eigenvalue weighted by Crippen LogP contribution is -2.15. The SMILES string of the molecule is COc1ccc(C(=O)Nc2ccc3c(c2)C(=O)Nc2cc(Cl)ccc2O3)c(OC)c1. The van der Waals surface area contributed by atoms with Crippen LogP contribution in [0.25, 0.3) is 0 Å². The number of nitrogens with one attached hydrogen (secondary N) is 2. The van der Waals surface area contributed by atoms with E-state index >= 15 is 0 Å². The zero-order valence-corrected chi connectivity index (χ0v) is 16.9. The van der Waals surface area contributed by atoms with Gasteiger partial charge in [-0.2, -0.15) is 0 Å². The predicted molar refractivity (Wildman–Crippen MR) is 113 cm³/mol. The summed E-state index contributed by atoms with van der Waals surface area (Å²) < 4.78 is 16.3. The van der Waals surface area contributed by atoms with Crippen LogP contribution in [0.5, 0.6) is 23.0 Å². The Kier molecular flexibility index (Phi) is 5.20. The molecule has 2 amide bonds. The van der Waals surface area contributed by atoms with Gasteiger partial charge in [-0.3, -0.25) is 9.59 Å². The van der Waals surface area contributed by atoms with Crippen molar-refractivity contribution >= 4 is 34.8 Å². The Hall–Kier alpha value is -3.71. The van der Waals surface area contributed by atoms with Crippen LogP contribution in [-0.2, 0) is 0 Å². The zero-order valence-electron chi connectivity index (χ0n) is 16.1. The maximum absolute atomic E-state index is 12.7. The van der Waals surface area contributed by atoms with E-state index in [9.17, 15) is 9.59 Å². The minimum Gasteiger partial charge on any atom is -0.497 e. The standard InChI is InChI=1S/C22H17ClN2O5/c1-28-14-5-6-15(20(11-14)29-2)21(26)24-13-4-8-18-16(10-13)22(27)25-17-9-12(23)3-7-19(17)30-18/h3-11H,1-2H3,(H,24,26)(H,25,27). The highest BCUT2D eigenvalue weighted by atomic mass is 35.5. The molecule has 0 saturated heterocycles. The third kappa shape index (κ3) is 3.75. The van der Waals surface area contributed by atoms with Gasteiger partial charge < -0.3 is 24.8 Å². The molecule has 8 heteroatoms. The molecular formula is C22H17ClN2O5. The summed E-state index contributed by atoms with van der Waals surface area (Å²) in [4.78, 5) is 25.4. The van der Waals surface area contributed by atoms with E-state index in [2.05, 4.69) is 10.6 Å². The topological polar surface area (TPSA) is 85.9 Å². The lowest BCUT2D eigenvalue weighted by molar-refractivity contribution is 0.101. The van der Waals surface area contributed by atoms with Crippen LogP contribution in [0.1, 0.15) is 20.7 Å². The Labute approximate surface area is 177 Å². The summed E-state index contributed by atoms with van der Waals surface area (Å²) in [6, 6.07) is 14.7. The van der Waals surface area contributed by atoms with Crippen LogP contribution in [0.3, 0.4) is 0 Å². The van der Waals surface area contributed by atoms with Gasteiger partial charge in [0.25, 0.3) is 11.8 Å². The fourth-order valence-corrected chi connectivity index (χ4v) is 3.23. The highest BCUT2D eigenvalue weighted by molar-refractivity contribution is 6.31. The second kappa shape index (κ2) is 7.96. The number of carbonyl (C=O) groups excluding carboxylic acids is 2. The molecule has 0 bridgehead atoms. The average molecular weight is 425 g/mol. The van der Waals surface area contributed by atoms with Crippen LogP contribution in [0.15, 0.2) is 54.6 Å². The molecule has 0 spiro atoms. The first-order valence-corrected chi connectivity index (χ1v) is 9.32. The molecule has 0 aliphatic carbocycles. The summed E-state index contributed by atoms with van der Waals surface area (Å²) >= 11 is 6.00. The quantitative estimate of drug-likeness (QED) is 0.617. The second-order valence-corrected chi connectivity index (χ2v) is 6.86. The first kappa shape index (κ1) is 19.6. The third-order valence-corrected chi connectivity index (χ3v) is 4.78. The molecule has 0 saturated carbocycles. The lowest BCUT2D eigenvalue weighted by atomic mass is 10.1. The Balaban J connectivity index is 1.61. The number of hydrogen-bond donors (Lipinski definition) is 2. The summed E-state index contributed by atoms with van der Waals surface area (Å²) in [7, 11) is 3.00. The van der Waals surface area contributed by atoms with Crippen LogP contribution >= 0.6 is 11.6 Å². The molecule has 3 aromatic carbocycles. The van der Waals surface area contributed by atoms with E-state index in [0.29, 0.717) is 45.0 Å². The van der Waals surface area contributed by atoms with Crippen LogP contribution in [0.4, 0.5) is 11.4 Å². The van der Waals surface area contributed by atoms with E-state index in [1.54, 1.807) is 54.6 Å². The fraction of sp³-hybridized carbons (Fsp3) is 0.0909. The van der Waals surface area contributed by atoms with Gasteiger partial charge in [-0.1, -0.05) is 11.6 Å². The van der Waals surface area contributed by atoms with Gasteiger partial charge in [0.2, 0.25) is 0 Å². The minimum absolute atomic E-state index is 0.279. The fourth-order valence-electron chi connectivity index (χ4n) is 3.06. The number of carbonyl (C=O) groups is 2.